The number of rotatable bonds is 3. The van der Waals surface area contributed by atoms with E-state index in [9.17, 15) is 9.59 Å². The van der Waals surface area contributed by atoms with Gasteiger partial charge in [-0.05, 0) is 36.6 Å². The van der Waals surface area contributed by atoms with Crippen molar-refractivity contribution >= 4 is 28.7 Å². The maximum absolute atomic E-state index is 12.6. The van der Waals surface area contributed by atoms with Gasteiger partial charge in [-0.1, -0.05) is 12.1 Å². The molecule has 1 aromatic carbocycles. The number of nitrogens with zero attached hydrogens (tertiary/aromatic N) is 3. The van der Waals surface area contributed by atoms with E-state index in [0.717, 1.165) is 28.9 Å². The molecule has 0 aliphatic carbocycles. The molecule has 2 amide bonds. The van der Waals surface area contributed by atoms with Gasteiger partial charge in [0.1, 0.15) is 5.52 Å². The molecule has 7 nitrogen and oxygen atoms in total. The summed E-state index contributed by atoms with van der Waals surface area (Å²) >= 11 is 0. The van der Waals surface area contributed by atoms with E-state index in [-0.39, 0.29) is 17.9 Å². The summed E-state index contributed by atoms with van der Waals surface area (Å²) < 4.78 is 1.81. The third kappa shape index (κ3) is 2.92. The van der Waals surface area contributed by atoms with Gasteiger partial charge in [0.05, 0.1) is 17.9 Å². The number of pyridine rings is 1. The topological polar surface area (TPSA) is 88.9 Å². The second-order valence-electron chi connectivity index (χ2n) is 6.58. The van der Waals surface area contributed by atoms with Crippen LogP contribution in [0.4, 0.5) is 5.69 Å². The Hall–Kier alpha value is -3.22. The van der Waals surface area contributed by atoms with Crippen LogP contribution in [0.25, 0.3) is 11.2 Å². The van der Waals surface area contributed by atoms with E-state index in [1.165, 1.54) is 0 Å². The Balaban J connectivity index is 1.52. The second-order valence-corrected chi connectivity index (χ2v) is 6.58. The average Bonchev–Trinajstić information content (AvgIpc) is 3.01. The van der Waals surface area contributed by atoms with Gasteiger partial charge < -0.3 is 15.2 Å². The van der Waals surface area contributed by atoms with E-state index in [1.54, 1.807) is 18.6 Å². The van der Waals surface area contributed by atoms with E-state index in [2.05, 4.69) is 20.6 Å². The van der Waals surface area contributed by atoms with Crippen LogP contribution in [0.1, 0.15) is 40.9 Å². The Bertz CT molecular complexity index is 1020. The predicted molar refractivity (Wildman–Crippen MR) is 97.8 cm³/mol. The number of hydrogen-bond acceptors (Lipinski definition) is 4. The summed E-state index contributed by atoms with van der Waals surface area (Å²) in [4.78, 5) is 32.6. The fourth-order valence-corrected chi connectivity index (χ4v) is 3.18. The second kappa shape index (κ2) is 6.25. The average molecular weight is 349 g/mol. The van der Waals surface area contributed by atoms with Crippen molar-refractivity contribution in [2.75, 3.05) is 5.32 Å². The zero-order valence-corrected chi connectivity index (χ0v) is 14.6. The number of benzene rings is 1. The minimum absolute atomic E-state index is 0.0454. The summed E-state index contributed by atoms with van der Waals surface area (Å²) in [7, 11) is 1.86. The third-order valence-electron chi connectivity index (χ3n) is 4.69. The highest BCUT2D eigenvalue weighted by Crippen LogP contribution is 2.26. The summed E-state index contributed by atoms with van der Waals surface area (Å²) in [5, 5.41) is 5.87. The highest BCUT2D eigenvalue weighted by Gasteiger charge is 2.18. The van der Waals surface area contributed by atoms with Crippen molar-refractivity contribution in [1.82, 2.24) is 19.9 Å². The maximum atomic E-state index is 12.6. The minimum atomic E-state index is -0.191. The molecule has 0 saturated carbocycles. The van der Waals surface area contributed by atoms with Gasteiger partial charge in [-0.3, -0.25) is 9.59 Å². The van der Waals surface area contributed by atoms with Crippen LogP contribution >= 0.6 is 0 Å². The molecule has 2 aromatic heterocycles. The lowest BCUT2D eigenvalue weighted by molar-refractivity contribution is -0.116. The molecule has 0 saturated heterocycles. The quantitative estimate of drug-likeness (QED) is 0.760. The highest BCUT2D eigenvalue weighted by atomic mass is 16.2. The Kier molecular flexibility index (Phi) is 3.91. The smallest absolute Gasteiger partial charge is 0.253 e. The number of hydrogen-bond donors (Lipinski definition) is 2. The fourth-order valence-electron chi connectivity index (χ4n) is 3.18. The van der Waals surface area contributed by atoms with Crippen LogP contribution < -0.4 is 10.6 Å². The summed E-state index contributed by atoms with van der Waals surface area (Å²) in [5.74, 6) is -0.146. The molecule has 3 heterocycles. The number of carbonyl (C=O) groups excluding carboxylic acids is 2. The molecule has 3 aromatic rings. The molecule has 1 aliphatic heterocycles. The third-order valence-corrected chi connectivity index (χ3v) is 4.69. The maximum Gasteiger partial charge on any atom is 0.253 e. The first kappa shape index (κ1) is 16.3. The molecule has 4 rings (SSSR count). The Morgan fingerprint density at radius 1 is 1.27 bits per heavy atom. The number of imidazole rings is 1. The van der Waals surface area contributed by atoms with Crippen molar-refractivity contribution in [3.8, 4) is 0 Å². The van der Waals surface area contributed by atoms with Crippen LogP contribution in [0.2, 0.25) is 0 Å². The minimum Gasteiger partial charge on any atom is -0.345 e. The van der Waals surface area contributed by atoms with Crippen molar-refractivity contribution in [3.63, 3.8) is 0 Å². The normalized spacial score (nSPS) is 14.6. The standard InChI is InChI=1S/C19H19N5O2/c1-11(12-3-5-15-13(7-12)4-6-17(25)23-15)22-19(26)14-8-16-18(20-9-14)24(2)10-21-16/h3,5,7-11H,4,6H2,1-2H3,(H,22,26)(H,23,25)/t11-/m0/s1. The van der Waals surface area contributed by atoms with Gasteiger partial charge in [0.25, 0.3) is 5.91 Å². The van der Waals surface area contributed by atoms with Gasteiger partial charge in [0.15, 0.2) is 5.65 Å². The van der Waals surface area contributed by atoms with Crippen LogP contribution in [0, 0.1) is 0 Å². The SMILES string of the molecule is C[C@H](NC(=O)c1cnc2c(c1)ncn2C)c1ccc2c(c1)CCC(=O)N2. The Morgan fingerprint density at radius 3 is 2.96 bits per heavy atom. The molecule has 0 bridgehead atoms. The molecule has 0 radical (unpaired) electrons. The fraction of sp³-hybridized carbons (Fsp3) is 0.263. The lowest BCUT2D eigenvalue weighted by Crippen LogP contribution is -2.27. The van der Waals surface area contributed by atoms with Crippen LogP contribution in [-0.4, -0.2) is 26.3 Å². The molecule has 0 unspecified atom stereocenters. The summed E-state index contributed by atoms with van der Waals surface area (Å²) in [6, 6.07) is 7.44. The molecule has 1 atom stereocenters. The number of amides is 2. The Labute approximate surface area is 150 Å². The van der Waals surface area contributed by atoms with Gasteiger partial charge in [-0.25, -0.2) is 9.97 Å². The number of carbonyl (C=O) groups is 2. The molecule has 132 valence electrons. The lowest BCUT2D eigenvalue weighted by atomic mass is 9.97. The van der Waals surface area contributed by atoms with E-state index in [4.69, 9.17) is 0 Å². The first-order valence-corrected chi connectivity index (χ1v) is 8.52. The van der Waals surface area contributed by atoms with Crippen molar-refractivity contribution in [3.05, 3.63) is 53.5 Å². The van der Waals surface area contributed by atoms with Gasteiger partial charge in [0.2, 0.25) is 5.91 Å². The van der Waals surface area contributed by atoms with Gasteiger partial charge in [0, 0.05) is 25.4 Å². The van der Waals surface area contributed by atoms with Crippen LogP contribution in [0.5, 0.6) is 0 Å². The first-order chi connectivity index (χ1) is 12.5. The number of aromatic nitrogens is 3. The number of fused-ring (bicyclic) bond motifs is 2. The summed E-state index contributed by atoms with van der Waals surface area (Å²) in [5.41, 5.74) is 4.87. The molecule has 7 heteroatoms. The van der Waals surface area contributed by atoms with Crippen LogP contribution in [0.15, 0.2) is 36.8 Å². The monoisotopic (exact) mass is 349 g/mol. The summed E-state index contributed by atoms with van der Waals surface area (Å²) in [6.07, 6.45) is 4.45. The zero-order chi connectivity index (χ0) is 18.3. The molecule has 0 spiro atoms. The van der Waals surface area contributed by atoms with Crippen molar-refractivity contribution < 1.29 is 9.59 Å². The van der Waals surface area contributed by atoms with Crippen LogP contribution in [0.3, 0.4) is 0 Å². The predicted octanol–water partition coefficient (Wildman–Crippen LogP) is 2.34. The van der Waals surface area contributed by atoms with Crippen LogP contribution in [-0.2, 0) is 18.3 Å². The van der Waals surface area contributed by atoms with E-state index >= 15 is 0 Å². The lowest BCUT2D eigenvalue weighted by Gasteiger charge is -2.20. The van der Waals surface area contributed by atoms with E-state index in [1.807, 2.05) is 36.7 Å². The molecular formula is C19H19N5O2. The first-order valence-electron chi connectivity index (χ1n) is 8.52. The Morgan fingerprint density at radius 2 is 2.12 bits per heavy atom. The van der Waals surface area contributed by atoms with E-state index in [0.29, 0.717) is 17.5 Å². The van der Waals surface area contributed by atoms with Gasteiger partial charge in [-0.2, -0.15) is 0 Å². The molecular weight excluding hydrogens is 330 g/mol. The molecule has 2 N–H and O–H groups in total. The zero-order valence-electron chi connectivity index (χ0n) is 14.6. The van der Waals surface area contributed by atoms with Gasteiger partial charge in [-0.15, -0.1) is 0 Å². The van der Waals surface area contributed by atoms with Crippen molar-refractivity contribution in [2.24, 2.45) is 7.05 Å². The van der Waals surface area contributed by atoms with Crippen molar-refractivity contribution in [1.29, 1.82) is 0 Å². The number of anilines is 1. The van der Waals surface area contributed by atoms with E-state index < -0.39 is 0 Å². The van der Waals surface area contributed by atoms with Crippen molar-refractivity contribution in [2.45, 2.75) is 25.8 Å². The largest absolute Gasteiger partial charge is 0.345 e. The summed E-state index contributed by atoms with van der Waals surface area (Å²) in [6.45, 7) is 1.94. The highest BCUT2D eigenvalue weighted by molar-refractivity contribution is 5.96. The van der Waals surface area contributed by atoms with Gasteiger partial charge >= 0.3 is 0 Å². The molecule has 26 heavy (non-hydrogen) atoms. The molecule has 0 fully saturated rings. The number of aryl methyl sites for hydroxylation is 2. The molecule has 1 aliphatic rings. The number of nitrogens with one attached hydrogen (secondary N) is 2.